The Labute approximate surface area is 166 Å². The van der Waals surface area contributed by atoms with E-state index >= 15 is 0 Å². The Kier molecular flexibility index (Phi) is 4.15. The minimum Gasteiger partial charge on any atom is -0.393 e. The molecule has 4 saturated carbocycles. The Morgan fingerprint density at radius 1 is 1.07 bits per heavy atom. The van der Waals surface area contributed by atoms with Crippen LogP contribution in [0.1, 0.15) is 52.4 Å². The van der Waals surface area contributed by atoms with E-state index in [9.17, 15) is 25.2 Å². The highest BCUT2D eigenvalue weighted by Crippen LogP contribution is 2.68. The molecule has 4 aliphatic rings. The van der Waals surface area contributed by atoms with E-state index in [-0.39, 0.29) is 23.2 Å². The van der Waals surface area contributed by atoms with Gasteiger partial charge in [-0.25, -0.2) is 0 Å². The van der Waals surface area contributed by atoms with Crippen LogP contribution in [0.15, 0.2) is 0 Å². The van der Waals surface area contributed by atoms with E-state index in [1.54, 1.807) is 6.92 Å². The molecular formula is C23H30O5. The quantitative estimate of drug-likeness (QED) is 0.464. The lowest BCUT2D eigenvalue weighted by atomic mass is 9.43. The fourth-order valence-corrected chi connectivity index (χ4v) is 7.49. The van der Waals surface area contributed by atoms with Crippen LogP contribution in [0.25, 0.3) is 0 Å². The lowest BCUT2D eigenvalue weighted by molar-refractivity contribution is -0.198. The first kappa shape index (κ1) is 19.9. The Hall–Kier alpha value is -1.37. The molecule has 0 aromatic carbocycles. The van der Waals surface area contributed by atoms with Crippen molar-refractivity contribution < 1.29 is 25.2 Å². The van der Waals surface area contributed by atoms with Crippen molar-refractivity contribution in [2.45, 2.75) is 75.8 Å². The van der Waals surface area contributed by atoms with Gasteiger partial charge in [0, 0.05) is 11.3 Å². The normalized spacial score (nSPS) is 58.1. The lowest BCUT2D eigenvalue weighted by Gasteiger charge is -2.62. The van der Waals surface area contributed by atoms with Gasteiger partial charge in [0.25, 0.3) is 0 Å². The summed E-state index contributed by atoms with van der Waals surface area (Å²) in [4.78, 5) is 12.7. The first-order valence-electron chi connectivity index (χ1n) is 10.3. The van der Waals surface area contributed by atoms with Gasteiger partial charge in [-0.3, -0.25) is 4.79 Å². The van der Waals surface area contributed by atoms with Crippen molar-refractivity contribution in [3.63, 3.8) is 0 Å². The summed E-state index contributed by atoms with van der Waals surface area (Å²) in [7, 11) is 0. The van der Waals surface area contributed by atoms with Crippen LogP contribution in [-0.4, -0.2) is 49.6 Å². The van der Waals surface area contributed by atoms with Gasteiger partial charge in [0.1, 0.15) is 11.7 Å². The van der Waals surface area contributed by atoms with Crippen molar-refractivity contribution in [1.82, 2.24) is 0 Å². The molecule has 0 heterocycles. The van der Waals surface area contributed by atoms with Gasteiger partial charge in [0.05, 0.1) is 6.10 Å². The van der Waals surface area contributed by atoms with Crippen LogP contribution in [0.5, 0.6) is 0 Å². The van der Waals surface area contributed by atoms with Crippen LogP contribution < -0.4 is 0 Å². The Morgan fingerprint density at radius 2 is 1.75 bits per heavy atom. The molecule has 0 aromatic rings. The number of ketones is 1. The minimum absolute atomic E-state index is 0.0728. The van der Waals surface area contributed by atoms with E-state index in [2.05, 4.69) is 18.8 Å². The molecule has 5 heteroatoms. The van der Waals surface area contributed by atoms with E-state index in [4.69, 9.17) is 12.8 Å². The summed E-state index contributed by atoms with van der Waals surface area (Å²) < 4.78 is 0. The molecule has 0 aromatic heterocycles. The average molecular weight is 386 g/mol. The highest BCUT2D eigenvalue weighted by molar-refractivity contribution is 5.98. The summed E-state index contributed by atoms with van der Waals surface area (Å²) in [6, 6.07) is 0. The van der Waals surface area contributed by atoms with Crippen LogP contribution >= 0.6 is 0 Å². The third-order valence-corrected chi connectivity index (χ3v) is 9.27. The summed E-state index contributed by atoms with van der Waals surface area (Å²) in [6.07, 6.45) is 12.4. The summed E-state index contributed by atoms with van der Waals surface area (Å²) in [5.74, 6) is 3.32. The van der Waals surface area contributed by atoms with E-state index in [0.29, 0.717) is 32.1 Å². The molecule has 0 bridgehead atoms. The monoisotopic (exact) mass is 386 g/mol. The van der Waals surface area contributed by atoms with Gasteiger partial charge >= 0.3 is 0 Å². The third kappa shape index (κ3) is 2.17. The first-order chi connectivity index (χ1) is 13.0. The van der Waals surface area contributed by atoms with Crippen molar-refractivity contribution in [2.24, 2.45) is 34.5 Å². The minimum atomic E-state index is -2.00. The summed E-state index contributed by atoms with van der Waals surface area (Å²) in [5, 5.41) is 43.5. The van der Waals surface area contributed by atoms with Crippen LogP contribution in [-0.2, 0) is 4.79 Å². The number of Topliss-reactive ketones (excluding diaryl/α,β-unsaturated/α-hetero) is 1. The number of aliphatic hydroxyl groups excluding tert-OH is 2. The zero-order valence-corrected chi connectivity index (χ0v) is 16.6. The second-order valence-electron chi connectivity index (χ2n) is 10.2. The van der Waals surface area contributed by atoms with Crippen LogP contribution in [0, 0.1) is 59.2 Å². The maximum Gasteiger partial charge on any atom is 0.206 e. The smallest absolute Gasteiger partial charge is 0.206 e. The molecule has 0 aliphatic heterocycles. The molecule has 0 amide bonds. The van der Waals surface area contributed by atoms with Crippen molar-refractivity contribution in [3.8, 4) is 24.7 Å². The zero-order valence-electron chi connectivity index (χ0n) is 16.6. The Bertz CT molecular complexity index is 794. The summed E-state index contributed by atoms with van der Waals surface area (Å²) in [5.41, 5.74) is -4.24. The molecule has 0 spiro atoms. The average Bonchev–Trinajstić information content (AvgIpc) is 2.82. The van der Waals surface area contributed by atoms with Gasteiger partial charge in [0.15, 0.2) is 5.60 Å². The first-order valence-corrected chi connectivity index (χ1v) is 10.3. The van der Waals surface area contributed by atoms with Crippen molar-refractivity contribution in [3.05, 3.63) is 0 Å². The van der Waals surface area contributed by atoms with Crippen molar-refractivity contribution in [2.75, 3.05) is 0 Å². The molecule has 4 N–H and O–H groups in total. The van der Waals surface area contributed by atoms with Gasteiger partial charge < -0.3 is 20.4 Å². The van der Waals surface area contributed by atoms with Crippen LogP contribution in [0.4, 0.5) is 0 Å². The SMILES string of the molecule is C#C[C@]1(O)CC[C@]2(C)C3CC[C@@]4(C)C(C3[C@@H](O)C[C@@H]2C1)[C@@H](O)C(=O)[C@@]4(O)C#C. The number of fused-ring (bicyclic) bond motifs is 5. The van der Waals surface area contributed by atoms with Gasteiger partial charge in [-0.2, -0.15) is 0 Å². The highest BCUT2D eigenvalue weighted by atomic mass is 16.3. The molecule has 0 saturated heterocycles. The molecule has 28 heavy (non-hydrogen) atoms. The maximum atomic E-state index is 12.7. The predicted molar refractivity (Wildman–Crippen MR) is 102 cm³/mol. The zero-order chi connectivity index (χ0) is 20.7. The third-order valence-electron chi connectivity index (χ3n) is 9.27. The van der Waals surface area contributed by atoms with Gasteiger partial charge in [-0.1, -0.05) is 25.7 Å². The number of hydrogen-bond acceptors (Lipinski definition) is 5. The Balaban J connectivity index is 1.75. The largest absolute Gasteiger partial charge is 0.393 e. The van der Waals surface area contributed by atoms with Gasteiger partial charge in [-0.05, 0) is 61.7 Å². The lowest BCUT2D eigenvalue weighted by Crippen LogP contribution is -2.62. The molecule has 4 fully saturated rings. The molecule has 4 rings (SSSR count). The fourth-order valence-electron chi connectivity index (χ4n) is 7.49. The highest BCUT2D eigenvalue weighted by Gasteiger charge is 2.72. The number of aliphatic hydroxyl groups is 4. The van der Waals surface area contributed by atoms with Gasteiger partial charge in [-0.15, -0.1) is 12.8 Å². The van der Waals surface area contributed by atoms with E-state index in [1.807, 2.05) is 0 Å². The molecule has 5 nitrogen and oxygen atoms in total. The summed E-state index contributed by atoms with van der Waals surface area (Å²) in [6.45, 7) is 3.97. The second-order valence-corrected chi connectivity index (χ2v) is 10.2. The second kappa shape index (κ2) is 5.83. The maximum absolute atomic E-state index is 12.7. The van der Waals surface area contributed by atoms with Crippen LogP contribution in [0.2, 0.25) is 0 Å². The topological polar surface area (TPSA) is 98.0 Å². The molecule has 4 aliphatic carbocycles. The van der Waals surface area contributed by atoms with Crippen molar-refractivity contribution in [1.29, 1.82) is 0 Å². The number of carbonyl (C=O) groups is 1. The van der Waals surface area contributed by atoms with E-state index in [0.717, 1.165) is 6.42 Å². The predicted octanol–water partition coefficient (Wildman–Crippen LogP) is 0.878. The molecule has 10 atom stereocenters. The molecule has 3 unspecified atom stereocenters. The summed E-state index contributed by atoms with van der Waals surface area (Å²) >= 11 is 0. The van der Waals surface area contributed by atoms with E-state index < -0.39 is 40.5 Å². The molecular weight excluding hydrogens is 356 g/mol. The molecule has 0 radical (unpaired) electrons. The number of hydrogen-bond donors (Lipinski definition) is 4. The molecule has 152 valence electrons. The van der Waals surface area contributed by atoms with Gasteiger partial charge in [0.2, 0.25) is 5.78 Å². The number of carbonyl (C=O) groups excluding carboxylic acids is 1. The Morgan fingerprint density at radius 3 is 2.36 bits per heavy atom. The van der Waals surface area contributed by atoms with Crippen LogP contribution in [0.3, 0.4) is 0 Å². The number of terminal acetylenes is 2. The standard InChI is InChI=1S/C23H30O5/c1-5-22(27)10-9-20(3)13(12-22)11-15(24)16-14(20)7-8-21(4)17(16)18(25)19(26)23(21,28)6-2/h1-2,13-18,24-25,27-28H,7-12H2,3-4H3/t13-,14?,15+,16?,17?,18-,20+,21+,22+,23+/m1/s1. The van der Waals surface area contributed by atoms with E-state index in [1.165, 1.54) is 0 Å². The number of rotatable bonds is 0. The van der Waals surface area contributed by atoms with Crippen molar-refractivity contribution >= 4 is 5.78 Å². The fraction of sp³-hybridized carbons (Fsp3) is 0.783.